The molecule has 8 nitrogen and oxygen atoms in total. The predicted octanol–water partition coefficient (Wildman–Crippen LogP) is 4.00. The van der Waals surface area contributed by atoms with E-state index < -0.39 is 0 Å². The maximum Gasteiger partial charge on any atom is 0.154 e. The number of likely N-dealkylation sites (tertiary alicyclic amines) is 1. The molecule has 4 rings (SSSR count). The van der Waals surface area contributed by atoms with Gasteiger partial charge in [0.1, 0.15) is 5.82 Å². The molecular weight excluding hydrogens is 412 g/mol. The fourth-order valence-electron chi connectivity index (χ4n) is 3.88. The number of fused-ring (bicyclic) bond motifs is 1. The molecule has 0 atom stereocenters. The zero-order valence-corrected chi connectivity index (χ0v) is 19.6. The summed E-state index contributed by atoms with van der Waals surface area (Å²) in [5.74, 6) is 2.37. The van der Waals surface area contributed by atoms with Gasteiger partial charge in [0.2, 0.25) is 0 Å². The SMILES string of the molecule is CC(C)c1cnnc(Nc2ccc3ncc(C(C=NCC4CCN(C)CC4)=CN)cc3n2)c1. The molecule has 0 saturated carbocycles. The molecule has 0 spiro atoms. The van der Waals surface area contributed by atoms with Gasteiger partial charge in [0.05, 0.1) is 17.2 Å². The third kappa shape index (κ3) is 5.90. The van der Waals surface area contributed by atoms with Crippen molar-refractivity contribution in [1.82, 2.24) is 25.1 Å². The predicted molar refractivity (Wildman–Crippen MR) is 135 cm³/mol. The van der Waals surface area contributed by atoms with Gasteiger partial charge < -0.3 is 16.0 Å². The monoisotopic (exact) mass is 444 g/mol. The molecule has 3 N–H and O–H groups in total. The van der Waals surface area contributed by atoms with Gasteiger partial charge in [-0.3, -0.25) is 9.98 Å². The van der Waals surface area contributed by atoms with Gasteiger partial charge in [-0.15, -0.1) is 5.10 Å². The minimum Gasteiger partial charge on any atom is -0.404 e. The topological polar surface area (TPSA) is 105 Å². The van der Waals surface area contributed by atoms with Crippen LogP contribution >= 0.6 is 0 Å². The van der Waals surface area contributed by atoms with E-state index in [1.807, 2.05) is 36.7 Å². The molecule has 33 heavy (non-hydrogen) atoms. The smallest absolute Gasteiger partial charge is 0.154 e. The third-order valence-electron chi connectivity index (χ3n) is 6.08. The zero-order valence-electron chi connectivity index (χ0n) is 19.6. The van der Waals surface area contributed by atoms with Crippen molar-refractivity contribution in [2.45, 2.75) is 32.6 Å². The first kappa shape index (κ1) is 22.8. The maximum atomic E-state index is 5.92. The Labute approximate surface area is 195 Å². The number of nitrogens with one attached hydrogen (secondary N) is 1. The minimum absolute atomic E-state index is 0.375. The van der Waals surface area contributed by atoms with Crippen molar-refractivity contribution in [3.8, 4) is 0 Å². The number of nitrogens with zero attached hydrogens (tertiary/aromatic N) is 6. The molecule has 0 aliphatic carbocycles. The van der Waals surface area contributed by atoms with Crippen molar-refractivity contribution in [3.05, 3.63) is 54.0 Å². The number of anilines is 2. The lowest BCUT2D eigenvalue weighted by atomic mass is 9.97. The van der Waals surface area contributed by atoms with E-state index >= 15 is 0 Å². The Morgan fingerprint density at radius 3 is 2.76 bits per heavy atom. The molecule has 1 saturated heterocycles. The Balaban J connectivity index is 1.49. The van der Waals surface area contributed by atoms with Crippen LogP contribution in [0.4, 0.5) is 11.6 Å². The quantitative estimate of drug-likeness (QED) is 0.531. The summed E-state index contributed by atoms with van der Waals surface area (Å²) >= 11 is 0. The Hall–Kier alpha value is -3.39. The molecule has 1 fully saturated rings. The van der Waals surface area contributed by atoms with Crippen LogP contribution in [0.15, 0.2) is 47.9 Å². The summed E-state index contributed by atoms with van der Waals surface area (Å²) in [5, 5.41) is 11.5. The highest BCUT2D eigenvalue weighted by atomic mass is 15.2. The van der Waals surface area contributed by atoms with Crippen molar-refractivity contribution in [2.75, 3.05) is 32.0 Å². The molecule has 0 amide bonds. The van der Waals surface area contributed by atoms with E-state index in [1.54, 1.807) is 12.4 Å². The first-order valence-corrected chi connectivity index (χ1v) is 11.5. The molecule has 1 aliphatic rings. The van der Waals surface area contributed by atoms with E-state index in [9.17, 15) is 0 Å². The molecule has 4 heterocycles. The molecule has 1 aliphatic heterocycles. The molecule has 0 bridgehead atoms. The lowest BCUT2D eigenvalue weighted by Crippen LogP contribution is -2.31. The normalized spacial score (nSPS) is 16.2. The summed E-state index contributed by atoms with van der Waals surface area (Å²) in [6.07, 6.45) is 9.42. The highest BCUT2D eigenvalue weighted by Gasteiger charge is 2.15. The van der Waals surface area contributed by atoms with Crippen molar-refractivity contribution < 1.29 is 0 Å². The van der Waals surface area contributed by atoms with Crippen LogP contribution in [0.25, 0.3) is 16.6 Å². The lowest BCUT2D eigenvalue weighted by molar-refractivity contribution is 0.224. The Kier molecular flexibility index (Phi) is 7.24. The van der Waals surface area contributed by atoms with Crippen LogP contribution in [-0.4, -0.2) is 58.0 Å². The second-order valence-electron chi connectivity index (χ2n) is 8.98. The standard InChI is InChI=1S/C25H32N8/c1-17(2)19-11-25(32-29-16-19)31-24-5-4-22-23(30-24)10-20(15-28-22)21(12-26)14-27-13-18-6-8-33(3)9-7-18/h4-5,10-12,14-18H,6-9,13,26H2,1-3H3,(H,30,31,32). The van der Waals surface area contributed by atoms with E-state index in [4.69, 9.17) is 10.7 Å². The molecule has 0 radical (unpaired) electrons. The lowest BCUT2D eigenvalue weighted by Gasteiger charge is -2.27. The summed E-state index contributed by atoms with van der Waals surface area (Å²) in [4.78, 5) is 16.3. The van der Waals surface area contributed by atoms with Crippen molar-refractivity contribution in [2.24, 2.45) is 16.6 Å². The molecule has 3 aromatic rings. The second kappa shape index (κ2) is 10.5. The Bertz CT molecular complexity index is 1150. The van der Waals surface area contributed by atoms with Crippen molar-refractivity contribution >= 4 is 34.5 Å². The average Bonchev–Trinajstić information content (AvgIpc) is 2.83. The highest BCUT2D eigenvalue weighted by Crippen LogP contribution is 2.22. The third-order valence-corrected chi connectivity index (χ3v) is 6.08. The van der Waals surface area contributed by atoms with E-state index in [-0.39, 0.29) is 0 Å². The second-order valence-corrected chi connectivity index (χ2v) is 8.98. The summed E-state index contributed by atoms with van der Waals surface area (Å²) < 4.78 is 0. The van der Waals surface area contributed by atoms with Crippen LogP contribution < -0.4 is 11.1 Å². The average molecular weight is 445 g/mol. The highest BCUT2D eigenvalue weighted by molar-refractivity contribution is 6.10. The number of pyridine rings is 2. The van der Waals surface area contributed by atoms with E-state index in [0.29, 0.717) is 23.5 Å². The fraction of sp³-hybridized carbons (Fsp3) is 0.400. The molecule has 0 unspecified atom stereocenters. The van der Waals surface area contributed by atoms with Gasteiger partial charge in [-0.25, -0.2) is 4.98 Å². The molecular formula is C25H32N8. The van der Waals surface area contributed by atoms with Gasteiger partial charge >= 0.3 is 0 Å². The van der Waals surface area contributed by atoms with Crippen molar-refractivity contribution in [1.29, 1.82) is 0 Å². The summed E-state index contributed by atoms with van der Waals surface area (Å²) in [7, 11) is 2.17. The molecule has 8 heteroatoms. The van der Waals surface area contributed by atoms with Gasteiger partial charge in [-0.2, -0.15) is 5.10 Å². The maximum absolute atomic E-state index is 5.92. The van der Waals surface area contributed by atoms with Gasteiger partial charge in [0.15, 0.2) is 5.82 Å². The first-order valence-electron chi connectivity index (χ1n) is 11.5. The molecule has 0 aromatic carbocycles. The van der Waals surface area contributed by atoms with E-state index in [0.717, 1.165) is 47.4 Å². The Morgan fingerprint density at radius 2 is 2.00 bits per heavy atom. The number of aromatic nitrogens is 4. The van der Waals surface area contributed by atoms with Crippen LogP contribution in [-0.2, 0) is 0 Å². The number of aliphatic imine (C=N–C) groups is 1. The van der Waals surface area contributed by atoms with Gasteiger partial charge in [-0.05, 0) is 74.6 Å². The largest absolute Gasteiger partial charge is 0.404 e. The number of allylic oxidation sites excluding steroid dienone is 1. The van der Waals surface area contributed by atoms with Gasteiger partial charge in [-0.1, -0.05) is 13.8 Å². The summed E-state index contributed by atoms with van der Waals surface area (Å²) in [6.45, 7) is 7.37. The minimum atomic E-state index is 0.375. The zero-order chi connectivity index (χ0) is 23.2. The summed E-state index contributed by atoms with van der Waals surface area (Å²) in [6, 6.07) is 7.81. The Morgan fingerprint density at radius 1 is 1.18 bits per heavy atom. The van der Waals surface area contributed by atoms with Crippen LogP contribution in [0.5, 0.6) is 0 Å². The van der Waals surface area contributed by atoms with Gasteiger partial charge in [0, 0.05) is 36.3 Å². The van der Waals surface area contributed by atoms with Crippen molar-refractivity contribution in [3.63, 3.8) is 0 Å². The number of nitrogens with two attached hydrogens (primary N) is 1. The van der Waals surface area contributed by atoms with Crippen LogP contribution in [0, 0.1) is 5.92 Å². The van der Waals surface area contributed by atoms with Crippen LogP contribution in [0.1, 0.15) is 43.7 Å². The fourth-order valence-corrected chi connectivity index (χ4v) is 3.88. The number of rotatable bonds is 7. The molecule has 3 aromatic heterocycles. The van der Waals surface area contributed by atoms with Gasteiger partial charge in [0.25, 0.3) is 0 Å². The number of hydrogen-bond acceptors (Lipinski definition) is 8. The number of piperidine rings is 1. The van der Waals surface area contributed by atoms with E-state index in [1.165, 1.54) is 12.8 Å². The van der Waals surface area contributed by atoms with Crippen LogP contribution in [0.3, 0.4) is 0 Å². The van der Waals surface area contributed by atoms with E-state index in [2.05, 4.69) is 51.3 Å². The van der Waals surface area contributed by atoms with Crippen LogP contribution in [0.2, 0.25) is 0 Å². The molecule has 172 valence electrons. The number of hydrogen-bond donors (Lipinski definition) is 2. The first-order chi connectivity index (χ1) is 16.0. The summed E-state index contributed by atoms with van der Waals surface area (Å²) in [5.41, 5.74) is 10.4.